The average molecular weight is 240 g/mol. The number of aryl methyl sites for hydroxylation is 1. The molecule has 0 amide bonds. The second kappa shape index (κ2) is 5.48. The van der Waals surface area contributed by atoms with Gasteiger partial charge in [0.1, 0.15) is 12.1 Å². The van der Waals surface area contributed by atoms with Gasteiger partial charge in [-0.2, -0.15) is 0 Å². The highest BCUT2D eigenvalue weighted by Gasteiger charge is 2.17. The lowest BCUT2D eigenvalue weighted by Gasteiger charge is -2.12. The van der Waals surface area contributed by atoms with Crippen LogP contribution in [0.4, 0.5) is 5.82 Å². The second-order valence-electron chi connectivity index (χ2n) is 4.27. The Hall–Kier alpha value is -0.830. The van der Waals surface area contributed by atoms with Crippen LogP contribution < -0.4 is 5.32 Å². The maximum atomic E-state index is 6.18. The highest BCUT2D eigenvalue weighted by Crippen LogP contribution is 2.25. The van der Waals surface area contributed by atoms with Crippen LogP contribution in [-0.2, 0) is 12.8 Å². The van der Waals surface area contributed by atoms with Gasteiger partial charge in [-0.1, -0.05) is 13.3 Å². The average Bonchev–Trinajstić information content (AvgIpc) is 2.75. The number of aromatic nitrogens is 2. The van der Waals surface area contributed by atoms with E-state index in [1.54, 1.807) is 6.33 Å². The Kier molecular flexibility index (Phi) is 3.99. The number of nitrogens with one attached hydrogen (secondary N) is 1. The molecule has 0 fully saturated rings. The fourth-order valence-corrected chi connectivity index (χ4v) is 2.43. The molecule has 0 bridgehead atoms. The van der Waals surface area contributed by atoms with Crippen LogP contribution in [0.25, 0.3) is 0 Å². The maximum Gasteiger partial charge on any atom is 0.132 e. The van der Waals surface area contributed by atoms with Gasteiger partial charge in [-0.3, -0.25) is 0 Å². The van der Waals surface area contributed by atoms with Crippen molar-refractivity contribution in [3.8, 4) is 0 Å². The van der Waals surface area contributed by atoms with E-state index in [2.05, 4.69) is 22.2 Å². The monoisotopic (exact) mass is 239 g/mol. The molecule has 1 aromatic heterocycles. The lowest BCUT2D eigenvalue weighted by atomic mass is 10.2. The number of anilines is 1. The van der Waals surface area contributed by atoms with E-state index in [9.17, 15) is 0 Å². The zero-order valence-corrected chi connectivity index (χ0v) is 10.4. The first-order valence-electron chi connectivity index (χ1n) is 6.02. The first-order valence-corrected chi connectivity index (χ1v) is 6.45. The Morgan fingerprint density at radius 3 is 3.12 bits per heavy atom. The second-order valence-corrected chi connectivity index (χ2v) is 4.89. The van der Waals surface area contributed by atoms with E-state index < -0.39 is 0 Å². The first-order chi connectivity index (χ1) is 7.81. The molecule has 0 radical (unpaired) electrons. The largest absolute Gasteiger partial charge is 0.368 e. The minimum absolute atomic E-state index is 0.192. The van der Waals surface area contributed by atoms with Gasteiger partial charge in [0.05, 0.1) is 5.38 Å². The van der Waals surface area contributed by atoms with Gasteiger partial charge in [-0.05, 0) is 25.7 Å². The third-order valence-electron chi connectivity index (χ3n) is 2.97. The van der Waals surface area contributed by atoms with E-state index in [0.29, 0.717) is 0 Å². The molecule has 3 nitrogen and oxygen atoms in total. The van der Waals surface area contributed by atoms with E-state index in [1.807, 2.05) is 0 Å². The number of rotatable bonds is 5. The van der Waals surface area contributed by atoms with Crippen molar-refractivity contribution >= 4 is 17.4 Å². The predicted molar refractivity (Wildman–Crippen MR) is 67.1 cm³/mol. The summed E-state index contributed by atoms with van der Waals surface area (Å²) in [5, 5.41) is 3.54. The molecule has 0 aliphatic heterocycles. The molecule has 1 aliphatic rings. The molecule has 1 aromatic rings. The van der Waals surface area contributed by atoms with E-state index in [4.69, 9.17) is 11.6 Å². The van der Waals surface area contributed by atoms with Gasteiger partial charge in [-0.25, -0.2) is 9.97 Å². The number of hydrogen-bond acceptors (Lipinski definition) is 3. The maximum absolute atomic E-state index is 6.18. The van der Waals surface area contributed by atoms with E-state index in [1.165, 1.54) is 17.7 Å². The van der Waals surface area contributed by atoms with Crippen LogP contribution in [0.15, 0.2) is 6.33 Å². The molecule has 1 unspecified atom stereocenters. The van der Waals surface area contributed by atoms with E-state index in [-0.39, 0.29) is 5.38 Å². The van der Waals surface area contributed by atoms with Crippen LogP contribution >= 0.6 is 11.6 Å². The zero-order chi connectivity index (χ0) is 11.4. The summed E-state index contributed by atoms with van der Waals surface area (Å²) in [5.74, 6) is 0.990. The lowest BCUT2D eigenvalue weighted by Crippen LogP contribution is -2.16. The van der Waals surface area contributed by atoms with Crippen LogP contribution in [0.3, 0.4) is 0 Å². The molecule has 1 aliphatic carbocycles. The van der Waals surface area contributed by atoms with Gasteiger partial charge in [0.15, 0.2) is 0 Å². The third kappa shape index (κ3) is 2.64. The van der Waals surface area contributed by atoms with Crippen molar-refractivity contribution in [1.29, 1.82) is 0 Å². The Morgan fingerprint density at radius 1 is 1.44 bits per heavy atom. The predicted octanol–water partition coefficient (Wildman–Crippen LogP) is 2.78. The Bertz CT molecular complexity index is 354. The molecule has 2 rings (SSSR count). The van der Waals surface area contributed by atoms with Crippen molar-refractivity contribution in [3.05, 3.63) is 17.6 Å². The van der Waals surface area contributed by atoms with Crippen molar-refractivity contribution in [2.24, 2.45) is 0 Å². The van der Waals surface area contributed by atoms with Gasteiger partial charge in [0.2, 0.25) is 0 Å². The van der Waals surface area contributed by atoms with Crippen molar-refractivity contribution in [2.45, 2.75) is 44.4 Å². The minimum atomic E-state index is 0.192. The number of hydrogen-bond donors (Lipinski definition) is 1. The number of fused-ring (bicyclic) bond motifs is 1. The summed E-state index contributed by atoms with van der Waals surface area (Å²) in [5.41, 5.74) is 2.50. The van der Waals surface area contributed by atoms with Gasteiger partial charge in [-0.15, -0.1) is 11.6 Å². The molecule has 0 saturated heterocycles. The van der Waals surface area contributed by atoms with Crippen LogP contribution in [0.1, 0.15) is 37.4 Å². The topological polar surface area (TPSA) is 37.8 Å². The van der Waals surface area contributed by atoms with Gasteiger partial charge >= 0.3 is 0 Å². The van der Waals surface area contributed by atoms with Crippen molar-refractivity contribution in [2.75, 3.05) is 11.9 Å². The van der Waals surface area contributed by atoms with Crippen molar-refractivity contribution in [1.82, 2.24) is 9.97 Å². The van der Waals surface area contributed by atoms with Crippen LogP contribution in [0, 0.1) is 0 Å². The molecule has 1 N–H and O–H groups in total. The smallest absolute Gasteiger partial charge is 0.132 e. The van der Waals surface area contributed by atoms with Crippen molar-refractivity contribution in [3.63, 3.8) is 0 Å². The number of halogens is 1. The molecular formula is C12H18ClN3. The van der Waals surface area contributed by atoms with Gasteiger partial charge in [0.25, 0.3) is 0 Å². The lowest BCUT2D eigenvalue weighted by molar-refractivity contribution is 0.749. The fraction of sp³-hybridized carbons (Fsp3) is 0.667. The molecule has 88 valence electrons. The number of nitrogens with zero attached hydrogens (tertiary/aromatic N) is 2. The Balaban J connectivity index is 1.97. The molecule has 1 atom stereocenters. The summed E-state index contributed by atoms with van der Waals surface area (Å²) in [6, 6.07) is 0. The van der Waals surface area contributed by atoms with Crippen LogP contribution in [-0.4, -0.2) is 21.9 Å². The quantitative estimate of drug-likeness (QED) is 0.803. The van der Waals surface area contributed by atoms with Crippen LogP contribution in [0.5, 0.6) is 0 Å². The molecular weight excluding hydrogens is 222 g/mol. The fourth-order valence-electron chi connectivity index (χ4n) is 2.13. The van der Waals surface area contributed by atoms with E-state index in [0.717, 1.165) is 38.0 Å². The minimum Gasteiger partial charge on any atom is -0.368 e. The van der Waals surface area contributed by atoms with Crippen molar-refractivity contribution < 1.29 is 0 Å². The third-order valence-corrected chi connectivity index (χ3v) is 3.34. The summed E-state index contributed by atoms with van der Waals surface area (Å²) < 4.78 is 0. The highest BCUT2D eigenvalue weighted by molar-refractivity contribution is 6.20. The summed E-state index contributed by atoms with van der Waals surface area (Å²) in [4.78, 5) is 8.60. The normalized spacial score (nSPS) is 15.9. The summed E-state index contributed by atoms with van der Waals surface area (Å²) in [6.07, 6.45) is 7.20. The molecule has 16 heavy (non-hydrogen) atoms. The Labute approximate surface area is 102 Å². The van der Waals surface area contributed by atoms with Crippen LogP contribution in [0.2, 0.25) is 0 Å². The number of alkyl halides is 1. The summed E-state index contributed by atoms with van der Waals surface area (Å²) >= 11 is 6.18. The molecule has 4 heteroatoms. The first kappa shape index (κ1) is 11.6. The molecule has 1 heterocycles. The zero-order valence-electron chi connectivity index (χ0n) is 9.67. The van der Waals surface area contributed by atoms with Gasteiger partial charge < -0.3 is 5.32 Å². The molecule has 0 spiro atoms. The van der Waals surface area contributed by atoms with E-state index >= 15 is 0 Å². The van der Waals surface area contributed by atoms with Gasteiger partial charge in [0, 0.05) is 17.8 Å². The highest BCUT2D eigenvalue weighted by atomic mass is 35.5. The Morgan fingerprint density at radius 2 is 2.31 bits per heavy atom. The summed E-state index contributed by atoms with van der Waals surface area (Å²) in [6.45, 7) is 2.94. The SMILES string of the molecule is CCCC(Cl)CNc1ncnc2c1CCC2. The summed E-state index contributed by atoms with van der Waals surface area (Å²) in [7, 11) is 0. The standard InChI is InChI=1S/C12H18ClN3/c1-2-4-9(13)7-14-12-10-5-3-6-11(10)15-8-16-12/h8-9H,2-7H2,1H3,(H,14,15,16). The molecule has 0 aromatic carbocycles. The molecule has 0 saturated carbocycles.